The van der Waals surface area contributed by atoms with Crippen LogP contribution in [0.3, 0.4) is 0 Å². The number of aliphatic hydroxyl groups is 1. The van der Waals surface area contributed by atoms with Crippen molar-refractivity contribution in [1.29, 1.82) is 0 Å². The standard InChI is InChI=1S/C11H20N4OS/c1-4-5-9-13-10(15-12)6-11(14-9)17-8(3)7(2)16/h6-8,16H,4-5,12H2,1-3H3,(H,13,14,15). The normalized spacial score (nSPS) is 14.4. The molecule has 0 saturated heterocycles. The number of nitrogen functional groups attached to an aromatic ring is 1. The quantitative estimate of drug-likeness (QED) is 0.310. The van der Waals surface area contributed by atoms with Gasteiger partial charge in [-0.3, -0.25) is 0 Å². The molecule has 0 amide bonds. The fourth-order valence-electron chi connectivity index (χ4n) is 1.23. The maximum atomic E-state index is 9.48. The van der Waals surface area contributed by atoms with E-state index in [9.17, 15) is 5.11 Å². The molecule has 1 rings (SSSR count). The molecule has 1 aromatic rings. The largest absolute Gasteiger partial charge is 0.392 e. The summed E-state index contributed by atoms with van der Waals surface area (Å²) in [4.78, 5) is 8.71. The van der Waals surface area contributed by atoms with Gasteiger partial charge < -0.3 is 10.5 Å². The predicted octanol–water partition coefficient (Wildman–Crippen LogP) is 1.58. The molecule has 4 N–H and O–H groups in total. The number of hydrogen-bond donors (Lipinski definition) is 3. The van der Waals surface area contributed by atoms with Crippen LogP contribution in [0.1, 0.15) is 33.0 Å². The van der Waals surface area contributed by atoms with Crippen molar-refractivity contribution in [2.24, 2.45) is 5.84 Å². The van der Waals surface area contributed by atoms with E-state index in [0.717, 1.165) is 23.7 Å². The summed E-state index contributed by atoms with van der Waals surface area (Å²) in [5.74, 6) is 6.77. The van der Waals surface area contributed by atoms with E-state index in [2.05, 4.69) is 22.3 Å². The molecule has 0 aromatic carbocycles. The molecular formula is C11H20N4OS. The van der Waals surface area contributed by atoms with Gasteiger partial charge in [-0.2, -0.15) is 0 Å². The van der Waals surface area contributed by atoms with Gasteiger partial charge in [-0.25, -0.2) is 15.8 Å². The number of anilines is 1. The maximum absolute atomic E-state index is 9.48. The van der Waals surface area contributed by atoms with Crippen molar-refractivity contribution in [3.05, 3.63) is 11.9 Å². The predicted molar refractivity (Wildman–Crippen MR) is 70.8 cm³/mol. The Kier molecular flexibility index (Phi) is 5.67. The van der Waals surface area contributed by atoms with Crippen LogP contribution in [0.4, 0.5) is 5.82 Å². The summed E-state index contributed by atoms with van der Waals surface area (Å²) in [6.07, 6.45) is 1.44. The molecule has 96 valence electrons. The molecule has 2 atom stereocenters. The monoisotopic (exact) mass is 256 g/mol. The Balaban J connectivity index is 2.86. The summed E-state index contributed by atoms with van der Waals surface area (Å²) in [5, 5.41) is 10.4. The van der Waals surface area contributed by atoms with Gasteiger partial charge in [0.15, 0.2) is 0 Å². The molecule has 17 heavy (non-hydrogen) atoms. The van der Waals surface area contributed by atoms with Gasteiger partial charge in [0.25, 0.3) is 0 Å². The fourth-order valence-corrected chi connectivity index (χ4v) is 2.15. The SMILES string of the molecule is CCCc1nc(NN)cc(SC(C)C(C)O)n1. The van der Waals surface area contributed by atoms with Crippen LogP contribution in [-0.4, -0.2) is 26.4 Å². The highest BCUT2D eigenvalue weighted by Crippen LogP contribution is 2.25. The van der Waals surface area contributed by atoms with Crippen molar-refractivity contribution in [2.75, 3.05) is 5.43 Å². The summed E-state index contributed by atoms with van der Waals surface area (Å²) in [6.45, 7) is 5.82. The van der Waals surface area contributed by atoms with Gasteiger partial charge in [0, 0.05) is 17.7 Å². The number of hydrogen-bond acceptors (Lipinski definition) is 6. The van der Waals surface area contributed by atoms with Crippen molar-refractivity contribution in [2.45, 2.75) is 50.0 Å². The first-order valence-corrected chi connectivity index (χ1v) is 6.64. The van der Waals surface area contributed by atoms with Gasteiger partial charge in [0.05, 0.1) is 6.10 Å². The Bertz CT molecular complexity index is 359. The smallest absolute Gasteiger partial charge is 0.144 e. The van der Waals surface area contributed by atoms with Crippen LogP contribution in [0.25, 0.3) is 0 Å². The van der Waals surface area contributed by atoms with Crippen molar-refractivity contribution in [3.63, 3.8) is 0 Å². The molecule has 0 bridgehead atoms. The van der Waals surface area contributed by atoms with E-state index in [1.807, 2.05) is 6.92 Å². The molecule has 0 fully saturated rings. The summed E-state index contributed by atoms with van der Waals surface area (Å²) < 4.78 is 0. The van der Waals surface area contributed by atoms with Crippen LogP contribution in [0.15, 0.2) is 11.1 Å². The molecule has 1 aromatic heterocycles. The zero-order chi connectivity index (χ0) is 12.8. The second-order valence-corrected chi connectivity index (χ2v) is 5.36. The average Bonchev–Trinajstić information content (AvgIpc) is 2.28. The van der Waals surface area contributed by atoms with Crippen molar-refractivity contribution in [1.82, 2.24) is 9.97 Å². The van der Waals surface area contributed by atoms with Gasteiger partial charge in [-0.15, -0.1) is 11.8 Å². The lowest BCUT2D eigenvalue weighted by atomic mass is 10.3. The summed E-state index contributed by atoms with van der Waals surface area (Å²) in [5.41, 5.74) is 2.54. The highest BCUT2D eigenvalue weighted by molar-refractivity contribution is 7.99. The van der Waals surface area contributed by atoms with E-state index < -0.39 is 0 Å². The minimum absolute atomic E-state index is 0.0880. The van der Waals surface area contributed by atoms with Crippen LogP contribution in [0, 0.1) is 0 Å². The van der Waals surface area contributed by atoms with E-state index in [1.54, 1.807) is 13.0 Å². The lowest BCUT2D eigenvalue weighted by Crippen LogP contribution is -2.16. The van der Waals surface area contributed by atoms with Crippen LogP contribution in [-0.2, 0) is 6.42 Å². The molecule has 1 heterocycles. The molecule has 0 aliphatic rings. The zero-order valence-electron chi connectivity index (χ0n) is 10.5. The minimum Gasteiger partial charge on any atom is -0.392 e. The lowest BCUT2D eigenvalue weighted by molar-refractivity contribution is 0.196. The highest BCUT2D eigenvalue weighted by Gasteiger charge is 2.13. The first-order chi connectivity index (χ1) is 8.06. The summed E-state index contributed by atoms with van der Waals surface area (Å²) >= 11 is 1.52. The number of aryl methyl sites for hydroxylation is 1. The maximum Gasteiger partial charge on any atom is 0.144 e. The van der Waals surface area contributed by atoms with E-state index >= 15 is 0 Å². The first kappa shape index (κ1) is 14.2. The third kappa shape index (κ3) is 4.49. The van der Waals surface area contributed by atoms with Crippen molar-refractivity contribution >= 4 is 17.6 Å². The molecule has 0 aliphatic carbocycles. The van der Waals surface area contributed by atoms with Crippen LogP contribution in [0.5, 0.6) is 0 Å². The van der Waals surface area contributed by atoms with Crippen LogP contribution >= 0.6 is 11.8 Å². The molecule has 0 spiro atoms. The molecule has 6 heteroatoms. The molecule has 0 radical (unpaired) electrons. The van der Waals surface area contributed by atoms with Gasteiger partial charge >= 0.3 is 0 Å². The Morgan fingerprint density at radius 2 is 2.18 bits per heavy atom. The Labute approximate surface area is 106 Å². The second kappa shape index (κ2) is 6.78. The van der Waals surface area contributed by atoms with Gasteiger partial charge in [-0.1, -0.05) is 13.8 Å². The lowest BCUT2D eigenvalue weighted by Gasteiger charge is -2.14. The number of nitrogens with one attached hydrogen (secondary N) is 1. The number of nitrogens with zero attached hydrogens (tertiary/aromatic N) is 2. The molecule has 0 aliphatic heterocycles. The molecular weight excluding hydrogens is 236 g/mol. The highest BCUT2D eigenvalue weighted by atomic mass is 32.2. The number of nitrogens with two attached hydrogens (primary N) is 1. The van der Waals surface area contributed by atoms with Gasteiger partial charge in [0.2, 0.25) is 0 Å². The van der Waals surface area contributed by atoms with E-state index in [4.69, 9.17) is 5.84 Å². The Hall–Kier alpha value is -0.850. The van der Waals surface area contributed by atoms with E-state index in [1.165, 1.54) is 11.8 Å². The summed E-state index contributed by atoms with van der Waals surface area (Å²) in [6, 6.07) is 1.79. The third-order valence-corrected chi connectivity index (χ3v) is 3.57. The van der Waals surface area contributed by atoms with Crippen molar-refractivity contribution < 1.29 is 5.11 Å². The minimum atomic E-state index is -0.376. The average molecular weight is 256 g/mol. The Morgan fingerprint density at radius 3 is 2.71 bits per heavy atom. The molecule has 5 nitrogen and oxygen atoms in total. The van der Waals surface area contributed by atoms with Gasteiger partial charge in [0.1, 0.15) is 16.7 Å². The number of aliphatic hydroxyl groups excluding tert-OH is 1. The number of rotatable bonds is 6. The number of aromatic nitrogens is 2. The number of thioether (sulfide) groups is 1. The van der Waals surface area contributed by atoms with Gasteiger partial charge in [-0.05, 0) is 13.3 Å². The number of hydrazine groups is 1. The van der Waals surface area contributed by atoms with Crippen LogP contribution in [0.2, 0.25) is 0 Å². The van der Waals surface area contributed by atoms with Crippen molar-refractivity contribution in [3.8, 4) is 0 Å². The summed E-state index contributed by atoms with van der Waals surface area (Å²) in [7, 11) is 0. The van der Waals surface area contributed by atoms with Crippen LogP contribution < -0.4 is 11.3 Å². The Morgan fingerprint density at radius 1 is 1.47 bits per heavy atom. The van der Waals surface area contributed by atoms with E-state index in [0.29, 0.717) is 5.82 Å². The topological polar surface area (TPSA) is 84.1 Å². The fraction of sp³-hybridized carbons (Fsp3) is 0.636. The first-order valence-electron chi connectivity index (χ1n) is 5.76. The molecule has 2 unspecified atom stereocenters. The third-order valence-electron chi connectivity index (χ3n) is 2.36. The molecule has 0 saturated carbocycles. The zero-order valence-corrected chi connectivity index (χ0v) is 11.3. The van der Waals surface area contributed by atoms with E-state index in [-0.39, 0.29) is 11.4 Å². The second-order valence-electron chi connectivity index (χ2n) is 3.97.